The predicted octanol–water partition coefficient (Wildman–Crippen LogP) is 2.32. The number of nitrogen functional groups attached to an aromatic ring is 1. The highest BCUT2D eigenvalue weighted by atomic mass is 32.1. The zero-order valence-corrected chi connectivity index (χ0v) is 12.5. The van der Waals surface area contributed by atoms with E-state index < -0.39 is 0 Å². The summed E-state index contributed by atoms with van der Waals surface area (Å²) in [6, 6.07) is 7.88. The standard InChI is InChI=1S/C15H19N3OS/c1-10(7-14-6-3-11(2)20-14)18-15(19)8-13-5-4-12(16)9-17-13/h3-6,9-10H,7-8,16H2,1-2H3,(H,18,19). The Balaban J connectivity index is 1.83. The molecule has 2 aromatic heterocycles. The molecule has 1 unspecified atom stereocenters. The maximum absolute atomic E-state index is 11.9. The number of nitrogens with two attached hydrogens (primary N) is 1. The average Bonchev–Trinajstić information content (AvgIpc) is 2.77. The van der Waals surface area contributed by atoms with Gasteiger partial charge in [-0.25, -0.2) is 0 Å². The van der Waals surface area contributed by atoms with Crippen LogP contribution in [-0.4, -0.2) is 16.9 Å². The maximum Gasteiger partial charge on any atom is 0.226 e. The number of carbonyl (C=O) groups is 1. The topological polar surface area (TPSA) is 68.0 Å². The van der Waals surface area contributed by atoms with E-state index in [1.54, 1.807) is 29.7 Å². The van der Waals surface area contributed by atoms with Gasteiger partial charge < -0.3 is 11.1 Å². The Labute approximate surface area is 123 Å². The van der Waals surface area contributed by atoms with Gasteiger partial charge in [0, 0.05) is 27.9 Å². The summed E-state index contributed by atoms with van der Waals surface area (Å²) in [5, 5.41) is 3.00. The van der Waals surface area contributed by atoms with Gasteiger partial charge in [-0.3, -0.25) is 9.78 Å². The molecule has 0 aliphatic heterocycles. The number of thiophene rings is 1. The molecule has 4 nitrogen and oxygen atoms in total. The van der Waals surface area contributed by atoms with Crippen LogP contribution in [0.5, 0.6) is 0 Å². The molecule has 2 heterocycles. The molecule has 0 spiro atoms. The lowest BCUT2D eigenvalue weighted by Gasteiger charge is -2.12. The van der Waals surface area contributed by atoms with Crippen molar-refractivity contribution in [1.82, 2.24) is 10.3 Å². The van der Waals surface area contributed by atoms with Gasteiger partial charge in [0.1, 0.15) is 0 Å². The molecule has 106 valence electrons. The maximum atomic E-state index is 11.9. The number of hydrogen-bond donors (Lipinski definition) is 2. The van der Waals surface area contributed by atoms with E-state index >= 15 is 0 Å². The first kappa shape index (κ1) is 14.5. The summed E-state index contributed by atoms with van der Waals surface area (Å²) in [5.74, 6) is -0.0111. The number of nitrogens with one attached hydrogen (secondary N) is 1. The van der Waals surface area contributed by atoms with Crippen LogP contribution < -0.4 is 11.1 Å². The minimum absolute atomic E-state index is 0.0111. The highest BCUT2D eigenvalue weighted by Gasteiger charge is 2.10. The molecule has 0 aliphatic rings. The third-order valence-corrected chi connectivity index (χ3v) is 3.92. The van der Waals surface area contributed by atoms with E-state index in [1.165, 1.54) is 9.75 Å². The first-order valence-electron chi connectivity index (χ1n) is 6.58. The molecule has 0 fully saturated rings. The zero-order valence-electron chi connectivity index (χ0n) is 11.7. The summed E-state index contributed by atoms with van der Waals surface area (Å²) in [6.07, 6.45) is 2.72. The number of nitrogens with zero attached hydrogens (tertiary/aromatic N) is 1. The summed E-state index contributed by atoms with van der Waals surface area (Å²) >= 11 is 1.77. The normalized spacial score (nSPS) is 12.1. The monoisotopic (exact) mass is 289 g/mol. The molecule has 0 aliphatic carbocycles. The Morgan fingerprint density at radius 3 is 2.80 bits per heavy atom. The summed E-state index contributed by atoms with van der Waals surface area (Å²) in [4.78, 5) is 18.6. The number of hydrogen-bond acceptors (Lipinski definition) is 4. The molecule has 0 saturated carbocycles. The van der Waals surface area contributed by atoms with Crippen LogP contribution in [0.15, 0.2) is 30.5 Å². The molecule has 0 bridgehead atoms. The van der Waals surface area contributed by atoms with E-state index in [4.69, 9.17) is 5.73 Å². The van der Waals surface area contributed by atoms with E-state index in [1.807, 2.05) is 6.92 Å². The molecule has 5 heteroatoms. The second kappa shape index (κ2) is 6.52. The van der Waals surface area contributed by atoms with Crippen LogP contribution in [0.2, 0.25) is 0 Å². The quantitative estimate of drug-likeness (QED) is 0.887. The van der Waals surface area contributed by atoms with Gasteiger partial charge in [-0.05, 0) is 38.1 Å². The van der Waals surface area contributed by atoms with Crippen molar-refractivity contribution in [2.24, 2.45) is 0 Å². The van der Waals surface area contributed by atoms with Crippen molar-refractivity contribution in [3.05, 3.63) is 45.9 Å². The van der Waals surface area contributed by atoms with Crippen molar-refractivity contribution in [2.75, 3.05) is 5.73 Å². The SMILES string of the molecule is Cc1ccc(CC(C)NC(=O)Cc2ccc(N)cn2)s1. The number of aryl methyl sites for hydroxylation is 1. The van der Waals surface area contributed by atoms with Crippen LogP contribution in [-0.2, 0) is 17.6 Å². The van der Waals surface area contributed by atoms with Gasteiger partial charge in [0.2, 0.25) is 5.91 Å². The first-order chi connectivity index (χ1) is 9.52. The Morgan fingerprint density at radius 1 is 1.40 bits per heavy atom. The third-order valence-electron chi connectivity index (χ3n) is 2.90. The van der Waals surface area contributed by atoms with Crippen LogP contribution in [0.1, 0.15) is 22.4 Å². The molecular weight excluding hydrogens is 270 g/mol. The van der Waals surface area contributed by atoms with Crippen molar-refractivity contribution in [2.45, 2.75) is 32.7 Å². The molecule has 1 amide bonds. The number of rotatable bonds is 5. The van der Waals surface area contributed by atoms with E-state index in [2.05, 4.69) is 29.4 Å². The second-order valence-corrected chi connectivity index (χ2v) is 6.32. The Bertz CT molecular complexity index is 577. The van der Waals surface area contributed by atoms with E-state index in [0.29, 0.717) is 5.69 Å². The summed E-state index contributed by atoms with van der Waals surface area (Å²) in [5.41, 5.74) is 6.90. The molecule has 2 rings (SSSR count). The van der Waals surface area contributed by atoms with Gasteiger partial charge in [-0.2, -0.15) is 0 Å². The summed E-state index contributed by atoms with van der Waals surface area (Å²) in [6.45, 7) is 4.10. The van der Waals surface area contributed by atoms with Crippen LogP contribution in [0.25, 0.3) is 0 Å². The number of pyridine rings is 1. The summed E-state index contributed by atoms with van der Waals surface area (Å²) in [7, 11) is 0. The number of aromatic nitrogens is 1. The van der Waals surface area contributed by atoms with Crippen LogP contribution in [0, 0.1) is 6.92 Å². The minimum Gasteiger partial charge on any atom is -0.397 e. The lowest BCUT2D eigenvalue weighted by Crippen LogP contribution is -2.35. The molecule has 0 radical (unpaired) electrons. The van der Waals surface area contributed by atoms with Crippen molar-refractivity contribution < 1.29 is 4.79 Å². The number of carbonyl (C=O) groups excluding carboxylic acids is 1. The number of amides is 1. The fourth-order valence-electron chi connectivity index (χ4n) is 1.98. The van der Waals surface area contributed by atoms with Gasteiger partial charge in [-0.1, -0.05) is 0 Å². The fraction of sp³-hybridized carbons (Fsp3) is 0.333. The van der Waals surface area contributed by atoms with E-state index in [0.717, 1.165) is 12.1 Å². The lowest BCUT2D eigenvalue weighted by atomic mass is 10.2. The smallest absolute Gasteiger partial charge is 0.226 e. The van der Waals surface area contributed by atoms with Crippen molar-refractivity contribution >= 4 is 22.9 Å². The van der Waals surface area contributed by atoms with Crippen molar-refractivity contribution in [3.63, 3.8) is 0 Å². The fourth-order valence-corrected chi connectivity index (χ4v) is 3.00. The lowest BCUT2D eigenvalue weighted by molar-refractivity contribution is -0.121. The van der Waals surface area contributed by atoms with Gasteiger partial charge in [0.25, 0.3) is 0 Å². The van der Waals surface area contributed by atoms with E-state index in [9.17, 15) is 4.79 Å². The summed E-state index contributed by atoms with van der Waals surface area (Å²) < 4.78 is 0. The molecule has 20 heavy (non-hydrogen) atoms. The first-order valence-corrected chi connectivity index (χ1v) is 7.39. The highest BCUT2D eigenvalue weighted by Crippen LogP contribution is 2.16. The van der Waals surface area contributed by atoms with Crippen LogP contribution in [0.3, 0.4) is 0 Å². The van der Waals surface area contributed by atoms with Crippen molar-refractivity contribution in [3.8, 4) is 0 Å². The molecule has 0 saturated heterocycles. The zero-order chi connectivity index (χ0) is 14.5. The second-order valence-electron chi connectivity index (χ2n) is 4.94. The highest BCUT2D eigenvalue weighted by molar-refractivity contribution is 7.11. The average molecular weight is 289 g/mol. The Morgan fingerprint density at radius 2 is 2.20 bits per heavy atom. The molecule has 0 aromatic carbocycles. The number of anilines is 1. The van der Waals surface area contributed by atoms with Crippen molar-refractivity contribution in [1.29, 1.82) is 0 Å². The largest absolute Gasteiger partial charge is 0.397 e. The van der Waals surface area contributed by atoms with Gasteiger partial charge >= 0.3 is 0 Å². The van der Waals surface area contributed by atoms with Gasteiger partial charge in [0.15, 0.2) is 0 Å². The van der Waals surface area contributed by atoms with E-state index in [-0.39, 0.29) is 18.4 Å². The Kier molecular flexibility index (Phi) is 4.74. The van der Waals surface area contributed by atoms with Gasteiger partial charge in [0.05, 0.1) is 18.3 Å². The van der Waals surface area contributed by atoms with Crippen LogP contribution >= 0.6 is 11.3 Å². The Hall–Kier alpha value is -1.88. The minimum atomic E-state index is -0.0111. The molecule has 2 aromatic rings. The van der Waals surface area contributed by atoms with Gasteiger partial charge in [-0.15, -0.1) is 11.3 Å². The predicted molar refractivity (Wildman–Crippen MR) is 82.7 cm³/mol. The molecular formula is C15H19N3OS. The third kappa shape index (κ3) is 4.35. The molecule has 1 atom stereocenters. The van der Waals surface area contributed by atoms with Crippen LogP contribution in [0.4, 0.5) is 5.69 Å². The molecule has 3 N–H and O–H groups in total.